The normalized spacial score (nSPS) is 10.7. The number of halogens is 1. The summed E-state index contributed by atoms with van der Waals surface area (Å²) < 4.78 is 6.74. The lowest BCUT2D eigenvalue weighted by Crippen LogP contribution is -2.23. The van der Waals surface area contributed by atoms with Crippen LogP contribution < -0.4 is 10.1 Å². The molecule has 0 saturated carbocycles. The van der Waals surface area contributed by atoms with Crippen LogP contribution in [0.5, 0.6) is 5.75 Å². The molecule has 1 amide bonds. The molecular weight excluding hydrogens is 392 g/mol. The Hall–Kier alpha value is -3.65. The van der Waals surface area contributed by atoms with Crippen molar-refractivity contribution in [3.05, 3.63) is 77.3 Å². The van der Waals surface area contributed by atoms with Gasteiger partial charge in [-0.05, 0) is 42.5 Å². The topological polar surface area (TPSA) is 97.7 Å². The van der Waals surface area contributed by atoms with Crippen molar-refractivity contribution in [2.45, 2.75) is 6.54 Å². The number of hydrogen-bond donors (Lipinski definition) is 2. The molecule has 146 valence electrons. The largest absolute Gasteiger partial charge is 0.497 e. The SMILES string of the molecule is COc1ccc(-c2n[nH]c(CNC(=O)c3cnn(-c4cccc(Cl)c4)c3)n2)cc1. The van der Waals surface area contributed by atoms with Gasteiger partial charge in [-0.25, -0.2) is 9.67 Å². The highest BCUT2D eigenvalue weighted by Gasteiger charge is 2.11. The number of aromatic amines is 1. The molecule has 2 aromatic heterocycles. The minimum atomic E-state index is -0.263. The van der Waals surface area contributed by atoms with Crippen LogP contribution >= 0.6 is 11.6 Å². The van der Waals surface area contributed by atoms with E-state index in [9.17, 15) is 4.79 Å². The minimum Gasteiger partial charge on any atom is -0.497 e. The van der Waals surface area contributed by atoms with Gasteiger partial charge in [-0.1, -0.05) is 17.7 Å². The van der Waals surface area contributed by atoms with Crippen molar-refractivity contribution in [3.63, 3.8) is 0 Å². The van der Waals surface area contributed by atoms with E-state index < -0.39 is 0 Å². The molecule has 0 radical (unpaired) electrons. The standard InChI is InChI=1S/C20H17ClN6O2/c1-29-17-7-5-13(6-8-17)19-24-18(25-26-19)11-22-20(28)14-10-23-27(12-14)16-4-2-3-15(21)9-16/h2-10,12H,11H2,1H3,(H,22,28)(H,24,25,26). The van der Waals surface area contributed by atoms with E-state index in [2.05, 4.69) is 25.6 Å². The lowest BCUT2D eigenvalue weighted by atomic mass is 10.2. The van der Waals surface area contributed by atoms with Gasteiger partial charge in [0.05, 0.1) is 31.1 Å². The second-order valence-corrected chi connectivity index (χ2v) is 6.61. The Bertz CT molecular complexity index is 1140. The number of aromatic nitrogens is 5. The number of carbonyl (C=O) groups excluding carboxylic acids is 1. The average Bonchev–Trinajstić information content (AvgIpc) is 3.42. The number of hydrogen-bond acceptors (Lipinski definition) is 5. The van der Waals surface area contributed by atoms with Crippen LogP contribution in [-0.4, -0.2) is 38.0 Å². The van der Waals surface area contributed by atoms with Crippen LogP contribution in [0.4, 0.5) is 0 Å². The van der Waals surface area contributed by atoms with E-state index in [0.29, 0.717) is 22.2 Å². The van der Waals surface area contributed by atoms with Gasteiger partial charge in [0.1, 0.15) is 11.6 Å². The fourth-order valence-corrected chi connectivity index (χ4v) is 2.89. The molecule has 9 heteroatoms. The summed E-state index contributed by atoms with van der Waals surface area (Å²) in [5.74, 6) is 1.59. The number of methoxy groups -OCH3 is 1. The highest BCUT2D eigenvalue weighted by atomic mass is 35.5. The van der Waals surface area contributed by atoms with E-state index in [-0.39, 0.29) is 12.5 Å². The summed E-state index contributed by atoms with van der Waals surface area (Å²) in [5.41, 5.74) is 2.05. The predicted octanol–water partition coefficient (Wildman–Crippen LogP) is 3.25. The molecule has 29 heavy (non-hydrogen) atoms. The second kappa shape index (κ2) is 8.15. The van der Waals surface area contributed by atoms with E-state index in [1.54, 1.807) is 30.1 Å². The van der Waals surface area contributed by atoms with Crippen molar-refractivity contribution in [1.29, 1.82) is 0 Å². The van der Waals surface area contributed by atoms with E-state index in [0.717, 1.165) is 17.0 Å². The van der Waals surface area contributed by atoms with Crippen LogP contribution in [0.3, 0.4) is 0 Å². The molecule has 2 aromatic carbocycles. The van der Waals surface area contributed by atoms with E-state index in [1.807, 2.05) is 36.4 Å². The van der Waals surface area contributed by atoms with Gasteiger partial charge in [0.25, 0.3) is 5.91 Å². The fraction of sp³-hybridized carbons (Fsp3) is 0.100. The Morgan fingerprint density at radius 3 is 2.83 bits per heavy atom. The number of rotatable bonds is 6. The number of carbonyl (C=O) groups is 1. The van der Waals surface area contributed by atoms with Crippen molar-refractivity contribution in [2.24, 2.45) is 0 Å². The first kappa shape index (κ1) is 18.7. The summed E-state index contributed by atoms with van der Waals surface area (Å²) in [6.45, 7) is 0.213. The Labute approximate surface area is 171 Å². The van der Waals surface area contributed by atoms with Gasteiger partial charge in [-0.15, -0.1) is 0 Å². The predicted molar refractivity (Wildman–Crippen MR) is 108 cm³/mol. The van der Waals surface area contributed by atoms with E-state index >= 15 is 0 Å². The Balaban J connectivity index is 1.39. The molecule has 4 aromatic rings. The maximum absolute atomic E-state index is 12.4. The lowest BCUT2D eigenvalue weighted by molar-refractivity contribution is 0.0950. The Kier molecular flexibility index (Phi) is 5.26. The summed E-state index contributed by atoms with van der Waals surface area (Å²) in [5, 5.41) is 14.6. The van der Waals surface area contributed by atoms with Crippen LogP contribution in [0.15, 0.2) is 60.9 Å². The summed E-state index contributed by atoms with van der Waals surface area (Å²) >= 11 is 6.00. The van der Waals surface area contributed by atoms with Crippen molar-refractivity contribution < 1.29 is 9.53 Å². The molecule has 0 aliphatic heterocycles. The van der Waals surface area contributed by atoms with Crippen molar-refractivity contribution in [1.82, 2.24) is 30.3 Å². The second-order valence-electron chi connectivity index (χ2n) is 6.17. The van der Waals surface area contributed by atoms with Gasteiger partial charge >= 0.3 is 0 Å². The molecule has 0 saturated heterocycles. The molecule has 2 N–H and O–H groups in total. The smallest absolute Gasteiger partial charge is 0.254 e. The van der Waals surface area contributed by atoms with E-state index in [4.69, 9.17) is 16.3 Å². The van der Waals surface area contributed by atoms with Gasteiger partial charge in [-0.2, -0.15) is 10.2 Å². The third-order valence-corrected chi connectivity index (χ3v) is 4.45. The highest BCUT2D eigenvalue weighted by molar-refractivity contribution is 6.30. The molecule has 8 nitrogen and oxygen atoms in total. The Morgan fingerprint density at radius 1 is 1.24 bits per heavy atom. The van der Waals surface area contributed by atoms with E-state index in [1.165, 1.54) is 6.20 Å². The third kappa shape index (κ3) is 4.27. The molecule has 0 aliphatic rings. The first-order valence-corrected chi connectivity index (χ1v) is 9.15. The van der Waals surface area contributed by atoms with Crippen LogP contribution in [-0.2, 0) is 6.54 Å². The zero-order valence-electron chi connectivity index (χ0n) is 15.5. The van der Waals surface area contributed by atoms with Crippen LogP contribution in [0.25, 0.3) is 17.1 Å². The fourth-order valence-electron chi connectivity index (χ4n) is 2.71. The number of H-pyrrole nitrogens is 1. The van der Waals surface area contributed by atoms with Crippen LogP contribution in [0.2, 0.25) is 5.02 Å². The van der Waals surface area contributed by atoms with Crippen molar-refractivity contribution in [2.75, 3.05) is 7.11 Å². The Morgan fingerprint density at radius 2 is 2.07 bits per heavy atom. The molecular formula is C20H17ClN6O2. The molecule has 2 heterocycles. The summed E-state index contributed by atoms with van der Waals surface area (Å²) in [4.78, 5) is 16.8. The number of nitrogens with one attached hydrogen (secondary N) is 2. The van der Waals surface area contributed by atoms with Crippen molar-refractivity contribution >= 4 is 17.5 Å². The van der Waals surface area contributed by atoms with Crippen LogP contribution in [0, 0.1) is 0 Å². The molecule has 0 spiro atoms. The molecule has 0 aliphatic carbocycles. The first-order valence-electron chi connectivity index (χ1n) is 8.77. The van der Waals surface area contributed by atoms with Gasteiger partial charge < -0.3 is 10.1 Å². The highest BCUT2D eigenvalue weighted by Crippen LogP contribution is 2.19. The van der Waals surface area contributed by atoms with Gasteiger partial charge in [-0.3, -0.25) is 9.89 Å². The third-order valence-electron chi connectivity index (χ3n) is 4.21. The molecule has 0 unspecified atom stereocenters. The quantitative estimate of drug-likeness (QED) is 0.510. The monoisotopic (exact) mass is 408 g/mol. The van der Waals surface area contributed by atoms with Gasteiger partial charge in [0, 0.05) is 16.8 Å². The maximum Gasteiger partial charge on any atom is 0.254 e. The number of benzene rings is 2. The number of nitrogens with zero attached hydrogens (tertiary/aromatic N) is 4. The summed E-state index contributed by atoms with van der Waals surface area (Å²) in [6, 6.07) is 14.6. The summed E-state index contributed by atoms with van der Waals surface area (Å²) in [7, 11) is 1.61. The zero-order chi connectivity index (χ0) is 20.2. The van der Waals surface area contributed by atoms with Gasteiger partial charge in [0.2, 0.25) is 0 Å². The lowest BCUT2D eigenvalue weighted by Gasteiger charge is -2.02. The minimum absolute atomic E-state index is 0.213. The van der Waals surface area contributed by atoms with Crippen molar-refractivity contribution in [3.8, 4) is 22.8 Å². The molecule has 0 atom stereocenters. The number of ether oxygens (including phenoxy) is 1. The average molecular weight is 409 g/mol. The molecule has 0 fully saturated rings. The molecule has 0 bridgehead atoms. The maximum atomic E-state index is 12.4. The van der Waals surface area contributed by atoms with Crippen LogP contribution in [0.1, 0.15) is 16.2 Å². The van der Waals surface area contributed by atoms with Gasteiger partial charge in [0.15, 0.2) is 5.82 Å². The number of amides is 1. The first-order chi connectivity index (χ1) is 14.1. The molecule has 4 rings (SSSR count). The summed E-state index contributed by atoms with van der Waals surface area (Å²) in [6.07, 6.45) is 3.14. The zero-order valence-corrected chi connectivity index (χ0v) is 16.2.